The van der Waals surface area contributed by atoms with Gasteiger partial charge in [0.1, 0.15) is 5.75 Å². The summed E-state index contributed by atoms with van der Waals surface area (Å²) >= 11 is 1.20. The van der Waals surface area contributed by atoms with Crippen molar-refractivity contribution in [3.63, 3.8) is 0 Å². The van der Waals surface area contributed by atoms with Crippen molar-refractivity contribution in [3.05, 3.63) is 64.1 Å². The summed E-state index contributed by atoms with van der Waals surface area (Å²) in [7, 11) is 0. The topological polar surface area (TPSA) is 115 Å². The minimum atomic E-state index is -0.970. The van der Waals surface area contributed by atoms with E-state index in [0.717, 1.165) is 6.42 Å². The van der Waals surface area contributed by atoms with Crippen molar-refractivity contribution in [2.75, 3.05) is 10.4 Å². The van der Waals surface area contributed by atoms with E-state index in [2.05, 4.69) is 55.5 Å². The molecule has 9 heteroatoms. The molecule has 2 aliphatic heterocycles. The highest BCUT2D eigenvalue weighted by Crippen LogP contribution is 2.50. The Bertz CT molecular complexity index is 1420. The van der Waals surface area contributed by atoms with Gasteiger partial charge in [-0.1, -0.05) is 52.0 Å². The number of hydrogen-bond acceptors (Lipinski definition) is 7. The summed E-state index contributed by atoms with van der Waals surface area (Å²) in [4.78, 5) is 24.8. The summed E-state index contributed by atoms with van der Waals surface area (Å²) < 4.78 is 0. The van der Waals surface area contributed by atoms with Crippen molar-refractivity contribution in [2.45, 2.75) is 63.5 Å². The molecule has 0 saturated carbocycles. The molecule has 1 atom stereocenters. The van der Waals surface area contributed by atoms with Crippen LogP contribution in [0.3, 0.4) is 0 Å². The number of benzene rings is 2. The first-order valence-corrected chi connectivity index (χ1v) is 13.1. The molecule has 2 aromatic carbocycles. The summed E-state index contributed by atoms with van der Waals surface area (Å²) in [6.45, 7) is 10.7. The van der Waals surface area contributed by atoms with Crippen LogP contribution >= 0.6 is 11.8 Å². The van der Waals surface area contributed by atoms with Crippen LogP contribution in [-0.2, 0) is 20.4 Å². The monoisotopic (exact) mass is 518 g/mol. The highest BCUT2D eigenvalue weighted by atomic mass is 32.2. The molecule has 1 aliphatic carbocycles. The lowest BCUT2D eigenvalue weighted by molar-refractivity contribution is -0.131. The third-order valence-electron chi connectivity index (χ3n) is 7.28. The molecule has 192 valence electrons. The molecule has 3 aliphatic rings. The van der Waals surface area contributed by atoms with Gasteiger partial charge in [-0.25, -0.2) is 4.79 Å². The minimum absolute atomic E-state index is 0.00422. The van der Waals surface area contributed by atoms with Gasteiger partial charge in [0.15, 0.2) is 5.71 Å². The number of rotatable bonds is 5. The van der Waals surface area contributed by atoms with Crippen molar-refractivity contribution in [2.24, 2.45) is 10.2 Å². The number of phenols is 1. The van der Waals surface area contributed by atoms with E-state index in [-0.39, 0.29) is 38.4 Å². The Morgan fingerprint density at radius 2 is 1.89 bits per heavy atom. The first-order valence-electron chi connectivity index (χ1n) is 12.2. The Labute approximate surface area is 220 Å². The Morgan fingerprint density at radius 1 is 1.16 bits per heavy atom. The molecule has 0 fully saturated rings. The highest BCUT2D eigenvalue weighted by molar-refractivity contribution is 8.04. The van der Waals surface area contributed by atoms with Crippen LogP contribution in [0.2, 0.25) is 0 Å². The number of allylic oxidation sites excluding steroid dienone is 1. The molecule has 0 saturated heterocycles. The number of hydrogen-bond donors (Lipinski definition) is 3. The Kier molecular flexibility index (Phi) is 5.94. The number of carboxylic acids is 1. The largest absolute Gasteiger partial charge is 0.505 e. The number of nitrogens with zero attached hydrogens (tertiary/aromatic N) is 3. The third kappa shape index (κ3) is 4.31. The van der Waals surface area contributed by atoms with Crippen LogP contribution in [0.1, 0.15) is 69.4 Å². The summed E-state index contributed by atoms with van der Waals surface area (Å²) in [6, 6.07) is 11.3. The van der Waals surface area contributed by atoms with Gasteiger partial charge in [0.25, 0.3) is 0 Å². The van der Waals surface area contributed by atoms with Gasteiger partial charge in [-0.15, -0.1) is 11.8 Å². The zero-order valence-electron chi connectivity index (χ0n) is 21.5. The average Bonchev–Trinajstić information content (AvgIpc) is 3.47. The van der Waals surface area contributed by atoms with Gasteiger partial charge in [-0.05, 0) is 59.9 Å². The lowest BCUT2D eigenvalue weighted by atomic mass is 9.82. The number of thioether (sulfide) groups is 1. The summed E-state index contributed by atoms with van der Waals surface area (Å²) in [5, 5.41) is 30.0. The van der Waals surface area contributed by atoms with E-state index in [1.54, 1.807) is 31.2 Å². The molecule has 0 spiro atoms. The van der Waals surface area contributed by atoms with Gasteiger partial charge in [-0.3, -0.25) is 10.2 Å². The molecule has 37 heavy (non-hydrogen) atoms. The predicted molar refractivity (Wildman–Crippen MR) is 148 cm³/mol. The molecule has 0 bridgehead atoms. The SMILES string of the molecule is CC1=NN(c2ccc3c(c2)C(C)(C)CC3(C)C)C(=O)/C1=N\Nc1cccc(C2CC=C(C(=O)O)S2)c1O. The lowest BCUT2D eigenvalue weighted by Crippen LogP contribution is -2.28. The minimum Gasteiger partial charge on any atom is -0.505 e. The Balaban J connectivity index is 1.37. The van der Waals surface area contributed by atoms with Gasteiger partial charge in [0.05, 0.1) is 22.0 Å². The summed E-state index contributed by atoms with van der Waals surface area (Å²) in [6.07, 6.45) is 3.19. The van der Waals surface area contributed by atoms with Crippen LogP contribution in [0.5, 0.6) is 5.75 Å². The number of hydrazone groups is 2. The number of carboxylic acid groups (broad SMARTS) is 1. The van der Waals surface area contributed by atoms with E-state index in [0.29, 0.717) is 29.1 Å². The molecule has 1 unspecified atom stereocenters. The van der Waals surface area contributed by atoms with Crippen LogP contribution in [0.4, 0.5) is 11.4 Å². The van der Waals surface area contributed by atoms with Crippen LogP contribution in [0, 0.1) is 0 Å². The van der Waals surface area contributed by atoms with Crippen molar-refractivity contribution in [1.29, 1.82) is 0 Å². The number of aromatic hydroxyl groups is 1. The van der Waals surface area contributed by atoms with E-state index in [9.17, 15) is 19.8 Å². The number of carbonyl (C=O) groups excluding carboxylic acids is 1. The van der Waals surface area contributed by atoms with Crippen molar-refractivity contribution < 1.29 is 19.8 Å². The number of phenolic OH excluding ortho intramolecular Hbond substituents is 1. The van der Waals surface area contributed by atoms with Gasteiger partial charge >= 0.3 is 11.9 Å². The molecule has 5 rings (SSSR count). The number of para-hydroxylation sites is 1. The predicted octanol–water partition coefficient (Wildman–Crippen LogP) is 5.69. The van der Waals surface area contributed by atoms with Gasteiger partial charge in [0.2, 0.25) is 0 Å². The van der Waals surface area contributed by atoms with Crippen molar-refractivity contribution in [3.8, 4) is 5.75 Å². The van der Waals surface area contributed by atoms with E-state index >= 15 is 0 Å². The van der Waals surface area contributed by atoms with Crippen molar-refractivity contribution in [1.82, 2.24) is 0 Å². The number of anilines is 2. The molecule has 2 heterocycles. The Morgan fingerprint density at radius 3 is 2.59 bits per heavy atom. The number of aliphatic carboxylic acids is 1. The standard InChI is InChI=1S/C28H30N4O4S/c1-15-23(30-29-20-8-6-7-17(24(20)33)21-11-12-22(37-21)26(35)36)25(34)32(31-15)16-9-10-18-19(13-16)28(4,5)14-27(18,2)3/h6-10,12-13,21,29,33H,11,14H2,1-5H3,(H,35,36)/b30-23-. The number of fused-ring (bicyclic) bond motifs is 1. The first kappa shape index (κ1) is 25.1. The Hall–Kier alpha value is -3.59. The van der Waals surface area contributed by atoms with Crippen molar-refractivity contribution >= 4 is 46.4 Å². The molecule has 1 amide bonds. The zero-order valence-corrected chi connectivity index (χ0v) is 22.3. The van der Waals surface area contributed by atoms with E-state index in [1.807, 2.05) is 6.07 Å². The first-order chi connectivity index (χ1) is 17.4. The molecular weight excluding hydrogens is 488 g/mol. The molecular formula is C28H30N4O4S. The smallest absolute Gasteiger partial charge is 0.341 e. The molecule has 0 radical (unpaired) electrons. The highest BCUT2D eigenvalue weighted by Gasteiger charge is 2.42. The molecule has 8 nitrogen and oxygen atoms in total. The summed E-state index contributed by atoms with van der Waals surface area (Å²) in [5.74, 6) is -1.34. The normalized spacial score (nSPS) is 22.7. The second kappa shape index (κ2) is 8.76. The van der Waals surface area contributed by atoms with Crippen LogP contribution in [0.25, 0.3) is 0 Å². The zero-order chi connectivity index (χ0) is 26.7. The van der Waals surface area contributed by atoms with Gasteiger partial charge in [0, 0.05) is 10.8 Å². The summed E-state index contributed by atoms with van der Waals surface area (Å²) in [5.41, 5.74) is 7.67. The fourth-order valence-corrected chi connectivity index (χ4v) is 6.84. The number of carbonyl (C=O) groups is 2. The van der Waals surface area contributed by atoms with Gasteiger partial charge < -0.3 is 10.2 Å². The van der Waals surface area contributed by atoms with E-state index in [4.69, 9.17) is 0 Å². The maximum atomic E-state index is 13.3. The number of nitrogens with one attached hydrogen (secondary N) is 1. The molecule has 0 aromatic heterocycles. The quantitative estimate of drug-likeness (QED) is 0.346. The number of amides is 1. The second-order valence-corrected chi connectivity index (χ2v) is 12.3. The average molecular weight is 519 g/mol. The maximum absolute atomic E-state index is 13.3. The van der Waals surface area contributed by atoms with E-state index in [1.165, 1.54) is 27.9 Å². The second-order valence-electron chi connectivity index (χ2n) is 11.0. The van der Waals surface area contributed by atoms with Crippen LogP contribution in [-0.4, -0.2) is 33.5 Å². The fraction of sp³-hybridized carbons (Fsp3) is 0.357. The van der Waals surface area contributed by atoms with Crippen LogP contribution in [0.15, 0.2) is 57.6 Å². The molecule has 3 N–H and O–H groups in total. The van der Waals surface area contributed by atoms with E-state index < -0.39 is 5.97 Å². The van der Waals surface area contributed by atoms with Crippen LogP contribution < -0.4 is 10.4 Å². The fourth-order valence-electron chi connectivity index (χ4n) is 5.73. The van der Waals surface area contributed by atoms with Gasteiger partial charge in [-0.2, -0.15) is 15.2 Å². The third-order valence-corrected chi connectivity index (χ3v) is 8.60. The maximum Gasteiger partial charge on any atom is 0.341 e. The molecule has 2 aromatic rings. The lowest BCUT2D eigenvalue weighted by Gasteiger charge is -2.22.